The molecule has 33 heavy (non-hydrogen) atoms. The van der Waals surface area contributed by atoms with Crippen LogP contribution in [-0.2, 0) is 24.1 Å². The molecule has 3 aliphatic heterocycles. The van der Waals surface area contributed by atoms with Gasteiger partial charge in [0.25, 0.3) is 0 Å². The summed E-state index contributed by atoms with van der Waals surface area (Å²) in [6, 6.07) is 10.1. The zero-order valence-corrected chi connectivity index (χ0v) is 19.5. The predicted octanol–water partition coefficient (Wildman–Crippen LogP) is 2.60. The fourth-order valence-corrected chi connectivity index (χ4v) is 5.68. The second-order valence-electron chi connectivity index (χ2n) is 9.58. The summed E-state index contributed by atoms with van der Waals surface area (Å²) in [7, 11) is 0. The summed E-state index contributed by atoms with van der Waals surface area (Å²) >= 11 is 6.01. The summed E-state index contributed by atoms with van der Waals surface area (Å²) in [5.74, 6) is 2.04. The Bertz CT molecular complexity index is 1170. The minimum absolute atomic E-state index is 0.0672. The van der Waals surface area contributed by atoms with Crippen LogP contribution in [0.25, 0.3) is 5.65 Å². The molecule has 0 spiro atoms. The largest absolute Gasteiger partial charge is 0.354 e. The van der Waals surface area contributed by atoms with Gasteiger partial charge in [-0.05, 0) is 49.4 Å². The van der Waals surface area contributed by atoms with Gasteiger partial charge in [-0.1, -0.05) is 23.7 Å². The van der Waals surface area contributed by atoms with Crippen LogP contribution in [0.4, 0.5) is 5.82 Å². The first-order valence-electron chi connectivity index (χ1n) is 12.0. The molecule has 7 nitrogen and oxygen atoms in total. The van der Waals surface area contributed by atoms with Crippen LogP contribution in [0.5, 0.6) is 0 Å². The Morgan fingerprint density at radius 3 is 2.76 bits per heavy atom. The highest BCUT2D eigenvalue weighted by atomic mass is 35.5. The quantitative estimate of drug-likeness (QED) is 0.643. The van der Waals surface area contributed by atoms with Gasteiger partial charge in [0.2, 0.25) is 5.91 Å². The molecule has 6 rings (SSSR count). The lowest BCUT2D eigenvalue weighted by atomic mass is 9.96. The molecule has 2 aromatic heterocycles. The number of benzene rings is 1. The Morgan fingerprint density at radius 1 is 1.09 bits per heavy atom. The van der Waals surface area contributed by atoms with E-state index in [9.17, 15) is 4.79 Å². The van der Waals surface area contributed by atoms with E-state index in [0.29, 0.717) is 11.8 Å². The number of fused-ring (bicyclic) bond motifs is 2. The molecule has 1 amide bonds. The van der Waals surface area contributed by atoms with Gasteiger partial charge in [-0.2, -0.15) is 9.61 Å². The average Bonchev–Trinajstić information content (AvgIpc) is 3.38. The molecule has 0 bridgehead atoms. The monoisotopic (exact) mass is 464 g/mol. The topological polar surface area (TPSA) is 65.8 Å². The number of amides is 1. The molecule has 3 aliphatic rings. The number of carbonyl (C=O) groups excluding carboxylic acids is 1. The van der Waals surface area contributed by atoms with E-state index in [1.807, 2.05) is 28.9 Å². The maximum Gasteiger partial charge on any atom is 0.229 e. The first-order chi connectivity index (χ1) is 16.2. The number of nitrogens with one attached hydrogen (secondary N) is 1. The number of anilines is 1. The third kappa shape index (κ3) is 3.97. The number of aromatic nitrogens is 3. The van der Waals surface area contributed by atoms with Gasteiger partial charge in [0.05, 0.1) is 17.8 Å². The lowest BCUT2D eigenvalue weighted by molar-refractivity contribution is -0.135. The van der Waals surface area contributed by atoms with Crippen LogP contribution in [0.3, 0.4) is 0 Å². The zero-order chi connectivity index (χ0) is 22.4. The molecular formula is C25H29ClN6O. The van der Waals surface area contributed by atoms with E-state index in [1.54, 1.807) is 0 Å². The Labute approximate surface area is 198 Å². The van der Waals surface area contributed by atoms with Gasteiger partial charge in [0, 0.05) is 55.8 Å². The number of likely N-dealkylation sites (tertiary alicyclic amines) is 1. The van der Waals surface area contributed by atoms with Gasteiger partial charge < -0.3 is 15.1 Å². The number of carbonyl (C=O) groups is 1. The normalized spacial score (nSPS) is 21.2. The third-order valence-electron chi connectivity index (χ3n) is 7.35. The van der Waals surface area contributed by atoms with Gasteiger partial charge in [0.15, 0.2) is 5.65 Å². The molecule has 0 saturated carbocycles. The maximum atomic E-state index is 13.2. The molecule has 0 radical (unpaired) electrons. The van der Waals surface area contributed by atoms with E-state index >= 15 is 0 Å². The highest BCUT2D eigenvalue weighted by molar-refractivity contribution is 6.30. The molecule has 2 saturated heterocycles. The predicted molar refractivity (Wildman–Crippen MR) is 129 cm³/mol. The molecule has 3 aromatic rings. The van der Waals surface area contributed by atoms with Crippen LogP contribution in [0.1, 0.15) is 23.2 Å². The van der Waals surface area contributed by atoms with Gasteiger partial charge in [-0.25, -0.2) is 4.98 Å². The lowest BCUT2D eigenvalue weighted by Crippen LogP contribution is -2.55. The summed E-state index contributed by atoms with van der Waals surface area (Å²) in [6.07, 6.45) is 5.77. The van der Waals surface area contributed by atoms with Crippen molar-refractivity contribution in [3.8, 4) is 0 Å². The first-order valence-corrected chi connectivity index (χ1v) is 12.4. The van der Waals surface area contributed by atoms with Crippen molar-refractivity contribution < 1.29 is 4.79 Å². The van der Waals surface area contributed by atoms with E-state index in [4.69, 9.17) is 16.6 Å². The molecule has 1 aromatic carbocycles. The summed E-state index contributed by atoms with van der Waals surface area (Å²) < 4.78 is 1.96. The molecule has 2 fully saturated rings. The standard InChI is InChI=1S/C25H29ClN6O/c26-20-3-1-17(2-4-20)13-18-8-12-30(14-18)25(33)19-15-31(16-19)24-21-5-9-27-10-6-22(21)29-23-7-11-28-32(23)24/h1-4,7,11,18-19,27H,5-6,8-10,12-16H2. The summed E-state index contributed by atoms with van der Waals surface area (Å²) in [6.45, 7) is 5.15. The number of halogens is 1. The fourth-order valence-electron chi connectivity index (χ4n) is 5.56. The van der Waals surface area contributed by atoms with Crippen molar-refractivity contribution in [1.82, 2.24) is 24.8 Å². The van der Waals surface area contributed by atoms with E-state index < -0.39 is 0 Å². The van der Waals surface area contributed by atoms with Crippen molar-refractivity contribution in [3.63, 3.8) is 0 Å². The summed E-state index contributed by atoms with van der Waals surface area (Å²) in [5, 5.41) is 8.80. The number of hydrogen-bond acceptors (Lipinski definition) is 5. The molecule has 8 heteroatoms. The average molecular weight is 465 g/mol. The van der Waals surface area contributed by atoms with Gasteiger partial charge in [0.1, 0.15) is 5.82 Å². The Morgan fingerprint density at radius 2 is 1.91 bits per heavy atom. The Balaban J connectivity index is 1.12. The van der Waals surface area contributed by atoms with E-state index in [1.165, 1.54) is 16.8 Å². The van der Waals surface area contributed by atoms with Crippen LogP contribution >= 0.6 is 11.6 Å². The minimum atomic E-state index is 0.0672. The third-order valence-corrected chi connectivity index (χ3v) is 7.60. The molecule has 0 aliphatic carbocycles. The molecule has 5 heterocycles. The van der Waals surface area contributed by atoms with Crippen LogP contribution in [-0.4, -0.2) is 64.7 Å². The second kappa shape index (κ2) is 8.61. The number of nitrogens with zero attached hydrogens (tertiary/aromatic N) is 5. The lowest BCUT2D eigenvalue weighted by Gasteiger charge is -2.42. The number of rotatable bonds is 4. The summed E-state index contributed by atoms with van der Waals surface area (Å²) in [5.41, 5.74) is 4.64. The van der Waals surface area contributed by atoms with Crippen molar-refractivity contribution in [2.24, 2.45) is 11.8 Å². The van der Waals surface area contributed by atoms with Crippen LogP contribution < -0.4 is 10.2 Å². The minimum Gasteiger partial charge on any atom is -0.354 e. The highest BCUT2D eigenvalue weighted by Crippen LogP contribution is 2.33. The Hall–Kier alpha value is -2.64. The molecular weight excluding hydrogens is 436 g/mol. The zero-order valence-electron chi connectivity index (χ0n) is 18.7. The first kappa shape index (κ1) is 20.9. The van der Waals surface area contributed by atoms with Crippen molar-refractivity contribution in [2.45, 2.75) is 25.7 Å². The van der Waals surface area contributed by atoms with Crippen LogP contribution in [0.15, 0.2) is 36.5 Å². The van der Waals surface area contributed by atoms with E-state index in [2.05, 4.69) is 32.3 Å². The fraction of sp³-hybridized carbons (Fsp3) is 0.480. The van der Waals surface area contributed by atoms with Crippen molar-refractivity contribution in [3.05, 3.63) is 58.4 Å². The summed E-state index contributed by atoms with van der Waals surface area (Å²) in [4.78, 5) is 22.5. The second-order valence-corrected chi connectivity index (χ2v) is 10.0. The van der Waals surface area contributed by atoms with Crippen molar-refractivity contribution >= 4 is 29.0 Å². The van der Waals surface area contributed by atoms with Crippen molar-refractivity contribution in [1.29, 1.82) is 0 Å². The highest BCUT2D eigenvalue weighted by Gasteiger charge is 2.40. The molecule has 1 unspecified atom stereocenters. The van der Waals surface area contributed by atoms with Gasteiger partial charge in [-0.15, -0.1) is 0 Å². The smallest absolute Gasteiger partial charge is 0.229 e. The van der Waals surface area contributed by atoms with Crippen LogP contribution in [0.2, 0.25) is 5.02 Å². The molecule has 1 N–H and O–H groups in total. The van der Waals surface area contributed by atoms with Gasteiger partial charge >= 0.3 is 0 Å². The van der Waals surface area contributed by atoms with Crippen molar-refractivity contribution in [2.75, 3.05) is 44.2 Å². The molecule has 172 valence electrons. The van der Waals surface area contributed by atoms with E-state index in [-0.39, 0.29) is 5.92 Å². The SMILES string of the molecule is O=C(C1CN(c2c3c(nc4ccnn24)CCNCC3)C1)N1CCC(Cc2ccc(Cl)cc2)C1. The number of hydrogen-bond donors (Lipinski definition) is 1. The van der Waals surface area contributed by atoms with E-state index in [0.717, 1.165) is 81.4 Å². The molecule has 1 atom stereocenters. The van der Waals surface area contributed by atoms with Gasteiger partial charge in [-0.3, -0.25) is 4.79 Å². The van der Waals surface area contributed by atoms with Crippen LogP contribution in [0, 0.1) is 11.8 Å². The Kier molecular flexibility index (Phi) is 5.46. The maximum absolute atomic E-state index is 13.2.